The van der Waals surface area contributed by atoms with Crippen LogP contribution in [0.25, 0.3) is 10.8 Å². The molecule has 6 nitrogen and oxygen atoms in total. The number of aryl methyl sites for hydroxylation is 1. The highest BCUT2D eigenvalue weighted by atomic mass is 32.2. The van der Waals surface area contributed by atoms with Crippen LogP contribution in [-0.4, -0.2) is 37.9 Å². The van der Waals surface area contributed by atoms with Crippen molar-refractivity contribution in [3.05, 3.63) is 66.2 Å². The van der Waals surface area contributed by atoms with Crippen LogP contribution in [0, 0.1) is 6.92 Å². The van der Waals surface area contributed by atoms with Crippen LogP contribution in [0.5, 0.6) is 11.5 Å². The maximum atomic E-state index is 12.5. The molecule has 1 atom stereocenters. The van der Waals surface area contributed by atoms with Crippen LogP contribution >= 0.6 is 0 Å². The zero-order valence-electron chi connectivity index (χ0n) is 15.4. The van der Waals surface area contributed by atoms with Crippen LogP contribution in [0.3, 0.4) is 0 Å². The molecule has 0 radical (unpaired) electrons. The molecule has 3 aromatic carbocycles. The van der Waals surface area contributed by atoms with Gasteiger partial charge in [0.25, 0.3) is 0 Å². The summed E-state index contributed by atoms with van der Waals surface area (Å²) in [6, 6.07) is 16.9. The summed E-state index contributed by atoms with van der Waals surface area (Å²) < 4.78 is 35.8. The fourth-order valence-corrected chi connectivity index (χ4v) is 3.55. The van der Waals surface area contributed by atoms with E-state index in [0.717, 1.165) is 16.3 Å². The standard InChI is InChI=1S/C21H22O6S/c1-15-2-8-21(9-3-15)28(24,25)27-20-7-5-16-4-6-19(12-17(16)13-20)26-11-10-18(23)14-22/h2-9,12-13,18,22-23H,10-11,14H2,1H3. The highest BCUT2D eigenvalue weighted by Gasteiger charge is 2.16. The van der Waals surface area contributed by atoms with Gasteiger partial charge in [-0.05, 0) is 54.1 Å². The van der Waals surface area contributed by atoms with E-state index < -0.39 is 16.2 Å². The average molecular weight is 402 g/mol. The monoisotopic (exact) mass is 402 g/mol. The van der Waals surface area contributed by atoms with E-state index in [0.29, 0.717) is 12.2 Å². The van der Waals surface area contributed by atoms with E-state index >= 15 is 0 Å². The summed E-state index contributed by atoms with van der Waals surface area (Å²) in [4.78, 5) is 0.0951. The first kappa shape index (κ1) is 20.1. The van der Waals surface area contributed by atoms with Gasteiger partial charge in [0.05, 0.1) is 19.3 Å². The van der Waals surface area contributed by atoms with Gasteiger partial charge >= 0.3 is 10.1 Å². The Bertz CT molecular complexity index is 1040. The highest BCUT2D eigenvalue weighted by Crippen LogP contribution is 2.27. The summed E-state index contributed by atoms with van der Waals surface area (Å²) in [6.45, 7) is 1.83. The van der Waals surface area contributed by atoms with Crippen LogP contribution in [0.4, 0.5) is 0 Å². The van der Waals surface area contributed by atoms with Gasteiger partial charge in [0, 0.05) is 6.42 Å². The molecule has 0 aromatic heterocycles. The van der Waals surface area contributed by atoms with Gasteiger partial charge in [-0.25, -0.2) is 0 Å². The predicted octanol–water partition coefficient (Wildman–Crippen LogP) is 3.04. The van der Waals surface area contributed by atoms with Crippen LogP contribution < -0.4 is 8.92 Å². The first-order valence-electron chi connectivity index (χ1n) is 8.84. The lowest BCUT2D eigenvalue weighted by Crippen LogP contribution is -2.15. The minimum atomic E-state index is -3.92. The average Bonchev–Trinajstić information content (AvgIpc) is 2.67. The van der Waals surface area contributed by atoms with E-state index in [4.69, 9.17) is 14.0 Å². The van der Waals surface area contributed by atoms with Gasteiger partial charge in [-0.2, -0.15) is 8.42 Å². The van der Waals surface area contributed by atoms with Crippen LogP contribution in [-0.2, 0) is 10.1 Å². The molecule has 0 bridgehead atoms. The second-order valence-electron chi connectivity index (χ2n) is 6.49. The van der Waals surface area contributed by atoms with E-state index in [1.807, 2.05) is 13.0 Å². The number of hydrogen-bond acceptors (Lipinski definition) is 6. The number of aliphatic hydroxyl groups excluding tert-OH is 2. The zero-order chi connectivity index (χ0) is 20.1. The Kier molecular flexibility index (Phi) is 6.18. The Morgan fingerprint density at radius 3 is 2.25 bits per heavy atom. The normalized spacial score (nSPS) is 12.7. The molecule has 0 aliphatic rings. The topological polar surface area (TPSA) is 93.1 Å². The molecule has 1 unspecified atom stereocenters. The van der Waals surface area contributed by atoms with E-state index in [9.17, 15) is 13.5 Å². The molecule has 3 aromatic rings. The SMILES string of the molecule is Cc1ccc(S(=O)(=O)Oc2ccc3ccc(OCCC(O)CO)cc3c2)cc1. The third-order valence-corrected chi connectivity index (χ3v) is 5.49. The summed E-state index contributed by atoms with van der Waals surface area (Å²) >= 11 is 0. The van der Waals surface area contributed by atoms with Crippen LogP contribution in [0.1, 0.15) is 12.0 Å². The lowest BCUT2D eigenvalue weighted by Gasteiger charge is -2.11. The Balaban J connectivity index is 1.77. The second kappa shape index (κ2) is 8.60. The van der Waals surface area contributed by atoms with Crippen molar-refractivity contribution in [3.63, 3.8) is 0 Å². The minimum Gasteiger partial charge on any atom is -0.493 e. The summed E-state index contributed by atoms with van der Waals surface area (Å²) in [5.74, 6) is 0.789. The van der Waals surface area contributed by atoms with Gasteiger partial charge in [-0.3, -0.25) is 0 Å². The smallest absolute Gasteiger partial charge is 0.339 e. The molecule has 3 rings (SSSR count). The molecule has 0 saturated carbocycles. The Morgan fingerprint density at radius 1 is 0.929 bits per heavy atom. The molecule has 0 amide bonds. The molecular weight excluding hydrogens is 380 g/mol. The first-order chi connectivity index (χ1) is 13.4. The Morgan fingerprint density at radius 2 is 1.57 bits per heavy atom. The van der Waals surface area contributed by atoms with Gasteiger partial charge in [0.1, 0.15) is 16.4 Å². The molecule has 2 N–H and O–H groups in total. The molecule has 0 saturated heterocycles. The first-order valence-corrected chi connectivity index (χ1v) is 10.2. The van der Waals surface area contributed by atoms with E-state index in [1.54, 1.807) is 42.5 Å². The minimum absolute atomic E-state index is 0.0951. The van der Waals surface area contributed by atoms with E-state index in [-0.39, 0.29) is 23.9 Å². The largest absolute Gasteiger partial charge is 0.493 e. The Labute approximate surface area is 164 Å². The van der Waals surface area contributed by atoms with Gasteiger partial charge in [-0.1, -0.05) is 29.8 Å². The molecule has 7 heteroatoms. The maximum Gasteiger partial charge on any atom is 0.339 e. The van der Waals surface area contributed by atoms with Gasteiger partial charge in [0.15, 0.2) is 0 Å². The molecule has 0 heterocycles. The summed E-state index contributed by atoms with van der Waals surface area (Å²) in [6.07, 6.45) is -0.501. The quantitative estimate of drug-likeness (QED) is 0.563. The summed E-state index contributed by atoms with van der Waals surface area (Å²) in [7, 11) is -3.92. The molecular formula is C21H22O6S. The molecule has 0 fully saturated rings. The van der Waals surface area contributed by atoms with Crippen molar-refractivity contribution in [2.75, 3.05) is 13.2 Å². The number of benzene rings is 3. The van der Waals surface area contributed by atoms with E-state index in [1.165, 1.54) is 12.1 Å². The van der Waals surface area contributed by atoms with Gasteiger partial charge in [-0.15, -0.1) is 0 Å². The molecule has 148 valence electrons. The number of aliphatic hydroxyl groups is 2. The van der Waals surface area contributed by atoms with Crippen LogP contribution in [0.15, 0.2) is 65.6 Å². The highest BCUT2D eigenvalue weighted by molar-refractivity contribution is 7.87. The van der Waals surface area contributed by atoms with Gasteiger partial charge < -0.3 is 19.1 Å². The van der Waals surface area contributed by atoms with Crippen molar-refractivity contribution in [2.24, 2.45) is 0 Å². The second-order valence-corrected chi connectivity index (χ2v) is 8.04. The van der Waals surface area contributed by atoms with Crippen molar-refractivity contribution in [1.82, 2.24) is 0 Å². The molecule has 0 aliphatic carbocycles. The van der Waals surface area contributed by atoms with Crippen molar-refractivity contribution >= 4 is 20.9 Å². The molecule has 0 aliphatic heterocycles. The van der Waals surface area contributed by atoms with Crippen molar-refractivity contribution in [1.29, 1.82) is 0 Å². The molecule has 0 spiro atoms. The van der Waals surface area contributed by atoms with Crippen molar-refractivity contribution in [2.45, 2.75) is 24.3 Å². The van der Waals surface area contributed by atoms with Crippen molar-refractivity contribution < 1.29 is 27.6 Å². The Hall–Kier alpha value is -2.61. The summed E-state index contributed by atoms with van der Waals surface area (Å²) in [5.41, 5.74) is 0.962. The van der Waals surface area contributed by atoms with Gasteiger partial charge in [0.2, 0.25) is 0 Å². The number of ether oxygens (including phenoxy) is 1. The zero-order valence-corrected chi connectivity index (χ0v) is 16.2. The third-order valence-electron chi connectivity index (χ3n) is 4.23. The van der Waals surface area contributed by atoms with Crippen LogP contribution in [0.2, 0.25) is 0 Å². The third kappa shape index (κ3) is 5.01. The lowest BCUT2D eigenvalue weighted by atomic mass is 10.1. The fraction of sp³-hybridized carbons (Fsp3) is 0.238. The maximum absolute atomic E-state index is 12.5. The fourth-order valence-electron chi connectivity index (χ4n) is 2.63. The lowest BCUT2D eigenvalue weighted by molar-refractivity contribution is 0.0754. The molecule has 28 heavy (non-hydrogen) atoms. The van der Waals surface area contributed by atoms with Crippen molar-refractivity contribution in [3.8, 4) is 11.5 Å². The summed E-state index contributed by atoms with van der Waals surface area (Å²) in [5, 5.41) is 19.8. The number of rotatable bonds is 8. The number of fused-ring (bicyclic) bond motifs is 1. The number of hydrogen-bond donors (Lipinski definition) is 2. The van der Waals surface area contributed by atoms with E-state index in [2.05, 4.69) is 0 Å². The predicted molar refractivity (Wildman–Crippen MR) is 106 cm³/mol.